The van der Waals surface area contributed by atoms with E-state index in [1.165, 1.54) is 6.42 Å². The minimum atomic E-state index is -0.794. The first-order chi connectivity index (χ1) is 14.9. The zero-order valence-electron chi connectivity index (χ0n) is 19.8. The van der Waals surface area contributed by atoms with Crippen molar-refractivity contribution in [1.82, 2.24) is 16.1 Å². The van der Waals surface area contributed by atoms with Gasteiger partial charge in [-0.05, 0) is 62.2 Å². The molecule has 4 aliphatic rings. The predicted molar refractivity (Wildman–Crippen MR) is 121 cm³/mol. The summed E-state index contributed by atoms with van der Waals surface area (Å²) in [6, 6.07) is 0. The van der Waals surface area contributed by atoms with E-state index in [9.17, 15) is 14.9 Å². The van der Waals surface area contributed by atoms with Gasteiger partial charge in [-0.3, -0.25) is 10.2 Å². The van der Waals surface area contributed by atoms with Crippen molar-refractivity contribution in [2.75, 3.05) is 6.54 Å². The monoisotopic (exact) mass is 450 g/mol. The molecule has 0 aromatic heterocycles. The number of nitrogens with one attached hydrogen (secondary N) is 4. The van der Waals surface area contributed by atoms with Gasteiger partial charge in [0, 0.05) is 13.0 Å². The van der Waals surface area contributed by atoms with Crippen LogP contribution in [-0.4, -0.2) is 48.2 Å². The van der Waals surface area contributed by atoms with E-state index in [2.05, 4.69) is 45.3 Å². The van der Waals surface area contributed by atoms with Crippen molar-refractivity contribution >= 4 is 19.0 Å². The molecule has 4 N–H and O–H groups in total. The lowest BCUT2D eigenvalue weighted by atomic mass is 9.43. The fraction of sp³-hybridized carbons (Fsp3) is 0.857. The second kappa shape index (κ2) is 9.55. The first kappa shape index (κ1) is 24.8. The summed E-state index contributed by atoms with van der Waals surface area (Å²) < 4.78 is 12.9. The van der Waals surface area contributed by atoms with Crippen LogP contribution in [0.1, 0.15) is 66.7 Å². The van der Waals surface area contributed by atoms with Crippen LogP contribution in [0.2, 0.25) is 0 Å². The fourth-order valence-electron chi connectivity index (χ4n) is 5.74. The predicted octanol–water partition coefficient (Wildman–Crippen LogP) is 2.07. The Balaban J connectivity index is 1.48. The quantitative estimate of drug-likeness (QED) is 0.0998. The molecule has 1 amide bonds. The number of hydrazine groups is 1. The number of unbranched alkanes of at least 4 members (excludes halogenated alkanes) is 1. The number of rotatable bonds is 10. The van der Waals surface area contributed by atoms with Gasteiger partial charge in [-0.2, -0.15) is 0 Å². The second-order valence-corrected chi connectivity index (χ2v) is 10.6. The Bertz CT molecular complexity index is 735. The molecule has 1 heterocycles. The molecular formula is C21H37BN5O5. The van der Waals surface area contributed by atoms with Crippen molar-refractivity contribution in [2.45, 2.75) is 84.4 Å². The molecule has 2 bridgehead atoms. The van der Waals surface area contributed by atoms with Gasteiger partial charge in [-0.15, -0.1) is 0 Å². The highest BCUT2D eigenvalue weighted by Gasteiger charge is 2.68. The highest BCUT2D eigenvalue weighted by atomic mass is 16.7. The van der Waals surface area contributed by atoms with Gasteiger partial charge < -0.3 is 19.9 Å². The van der Waals surface area contributed by atoms with Crippen LogP contribution < -0.4 is 16.1 Å². The number of carbonyl (C=O) groups is 1. The van der Waals surface area contributed by atoms with Crippen LogP contribution in [0.25, 0.3) is 0 Å². The van der Waals surface area contributed by atoms with E-state index >= 15 is 0 Å². The zero-order valence-corrected chi connectivity index (χ0v) is 19.8. The third-order valence-electron chi connectivity index (χ3n) is 7.57. The summed E-state index contributed by atoms with van der Waals surface area (Å²) in [4.78, 5) is 22.8. The molecule has 1 saturated heterocycles. The van der Waals surface area contributed by atoms with E-state index in [4.69, 9.17) is 14.7 Å². The van der Waals surface area contributed by atoms with Crippen molar-refractivity contribution < 1.29 is 19.1 Å². The first-order valence-corrected chi connectivity index (χ1v) is 11.6. The molecule has 10 nitrogen and oxygen atoms in total. The zero-order chi connectivity index (χ0) is 23.7. The lowest BCUT2D eigenvalue weighted by Crippen LogP contribution is -2.65. The Kier molecular flexibility index (Phi) is 7.39. The van der Waals surface area contributed by atoms with Crippen molar-refractivity contribution in [3.8, 4) is 0 Å². The molecule has 11 heteroatoms. The standard InChI is InChI=1S/C21H37BN5O5/c1-13(2)10-17(25-18(28)8-6-7-9-24-19(23)26-27(29)30)22-31-16-12-14-11-15(20(14,3)4)21(16,5)32-22/h8,13-17H,6-7,9-12H2,1-5H3,(H,25,28)(H3,23,24,26)/t14-,15-,16+,17-,21-/m0/s1. The lowest BCUT2D eigenvalue weighted by Gasteiger charge is -2.64. The van der Waals surface area contributed by atoms with Gasteiger partial charge in [0.2, 0.25) is 5.91 Å². The maximum absolute atomic E-state index is 12.6. The van der Waals surface area contributed by atoms with Crippen molar-refractivity contribution in [2.24, 2.45) is 23.2 Å². The van der Waals surface area contributed by atoms with Gasteiger partial charge in [-0.25, -0.2) is 10.1 Å². The van der Waals surface area contributed by atoms with Crippen LogP contribution in [0.15, 0.2) is 0 Å². The molecule has 4 rings (SSSR count). The first-order valence-electron chi connectivity index (χ1n) is 11.6. The van der Waals surface area contributed by atoms with Crippen LogP contribution in [0, 0.1) is 45.1 Å². The molecule has 1 aliphatic heterocycles. The van der Waals surface area contributed by atoms with Crippen molar-refractivity contribution in [3.05, 3.63) is 16.5 Å². The number of nitro groups is 1. The SMILES string of the molecule is CC(C)C[C@H](NC(=O)[CH]CCCNC(=N)N[N+](=O)[O-])B1O[C@@H]2C[C@@H]3C[C@@H](C3(C)C)[C@]2(C)O1. The molecule has 0 aromatic carbocycles. The Morgan fingerprint density at radius 1 is 1.34 bits per heavy atom. The van der Waals surface area contributed by atoms with Crippen LogP contribution >= 0.6 is 0 Å². The summed E-state index contributed by atoms with van der Waals surface area (Å²) in [7, 11) is -0.449. The summed E-state index contributed by atoms with van der Waals surface area (Å²) in [5.41, 5.74) is 1.70. The van der Waals surface area contributed by atoms with Crippen LogP contribution in [0.3, 0.4) is 0 Å². The normalized spacial score (nSPS) is 30.8. The minimum Gasteiger partial charge on any atom is -0.404 e. The van der Waals surface area contributed by atoms with Gasteiger partial charge in [0.05, 0.1) is 17.6 Å². The van der Waals surface area contributed by atoms with E-state index in [1.54, 1.807) is 11.8 Å². The Morgan fingerprint density at radius 2 is 2.06 bits per heavy atom. The third-order valence-corrected chi connectivity index (χ3v) is 7.57. The van der Waals surface area contributed by atoms with Crippen LogP contribution in [-0.2, 0) is 14.1 Å². The summed E-state index contributed by atoms with van der Waals surface area (Å²) >= 11 is 0. The third kappa shape index (κ3) is 5.19. The number of nitrogens with zero attached hydrogens (tertiary/aromatic N) is 1. The van der Waals surface area contributed by atoms with Gasteiger partial charge in [0.1, 0.15) is 0 Å². The number of hydrogen-bond acceptors (Lipinski definition) is 6. The van der Waals surface area contributed by atoms with Gasteiger partial charge in [-0.1, -0.05) is 33.1 Å². The van der Waals surface area contributed by atoms with E-state index in [1.807, 2.05) is 0 Å². The number of amides is 1. The highest BCUT2D eigenvalue weighted by molar-refractivity contribution is 6.48. The number of guanidine groups is 1. The minimum absolute atomic E-state index is 0.0778. The Morgan fingerprint density at radius 3 is 2.69 bits per heavy atom. The number of carbonyl (C=O) groups excluding carboxylic acids is 1. The van der Waals surface area contributed by atoms with Crippen LogP contribution in [0.5, 0.6) is 0 Å². The smallest absolute Gasteiger partial charge is 0.404 e. The highest BCUT2D eigenvalue weighted by Crippen LogP contribution is 2.65. The van der Waals surface area contributed by atoms with E-state index in [0.29, 0.717) is 37.1 Å². The topological polar surface area (TPSA) is 139 Å². The molecule has 3 saturated carbocycles. The molecule has 32 heavy (non-hydrogen) atoms. The average Bonchev–Trinajstić information content (AvgIpc) is 3.03. The van der Waals surface area contributed by atoms with Gasteiger partial charge in [0.25, 0.3) is 5.96 Å². The van der Waals surface area contributed by atoms with E-state index < -0.39 is 12.2 Å². The molecular weight excluding hydrogens is 413 g/mol. The second-order valence-electron chi connectivity index (χ2n) is 10.6. The summed E-state index contributed by atoms with van der Waals surface area (Å²) in [5.74, 6) is 0.750. The number of hydrogen-bond donors (Lipinski definition) is 4. The van der Waals surface area contributed by atoms with Gasteiger partial charge >= 0.3 is 7.12 Å². The molecule has 4 fully saturated rings. The Hall–Kier alpha value is -1.88. The molecule has 5 atom stereocenters. The van der Waals surface area contributed by atoms with E-state index in [-0.39, 0.29) is 34.9 Å². The Labute approximate surface area is 190 Å². The molecule has 1 radical (unpaired) electrons. The van der Waals surface area contributed by atoms with Gasteiger partial charge in [0.15, 0.2) is 5.03 Å². The molecule has 179 valence electrons. The maximum Gasteiger partial charge on any atom is 0.481 e. The summed E-state index contributed by atoms with van der Waals surface area (Å²) in [6.45, 7) is 11.4. The molecule has 0 aromatic rings. The molecule has 3 aliphatic carbocycles. The van der Waals surface area contributed by atoms with Crippen LogP contribution in [0.4, 0.5) is 0 Å². The summed E-state index contributed by atoms with van der Waals surface area (Å²) in [5, 5.41) is 22.5. The molecule has 0 unspecified atom stereocenters. The lowest BCUT2D eigenvalue weighted by molar-refractivity contribution is -0.525. The van der Waals surface area contributed by atoms with Crippen molar-refractivity contribution in [1.29, 1.82) is 5.41 Å². The largest absolute Gasteiger partial charge is 0.481 e. The van der Waals surface area contributed by atoms with E-state index in [0.717, 1.165) is 12.8 Å². The van der Waals surface area contributed by atoms with Crippen molar-refractivity contribution in [3.63, 3.8) is 0 Å². The summed E-state index contributed by atoms with van der Waals surface area (Å²) in [6.07, 6.45) is 5.67. The maximum atomic E-state index is 12.6. The fourth-order valence-corrected chi connectivity index (χ4v) is 5.74. The average molecular weight is 450 g/mol. The molecule has 0 spiro atoms.